The van der Waals surface area contributed by atoms with Crippen LogP contribution in [0.3, 0.4) is 0 Å². The van der Waals surface area contributed by atoms with Gasteiger partial charge in [-0.1, -0.05) is 26.0 Å². The number of hydrogen-bond acceptors (Lipinski definition) is 3. The minimum absolute atomic E-state index is 1.02. The van der Waals surface area contributed by atoms with Gasteiger partial charge in [-0.3, -0.25) is 4.99 Å². The van der Waals surface area contributed by atoms with Crippen molar-refractivity contribution in [2.75, 3.05) is 26.2 Å². The van der Waals surface area contributed by atoms with Gasteiger partial charge in [0.15, 0.2) is 0 Å². The maximum Gasteiger partial charge on any atom is 0.0464 e. The van der Waals surface area contributed by atoms with Gasteiger partial charge >= 0.3 is 0 Å². The van der Waals surface area contributed by atoms with Crippen LogP contribution in [-0.2, 0) is 0 Å². The summed E-state index contributed by atoms with van der Waals surface area (Å²) >= 11 is 0. The van der Waals surface area contributed by atoms with Gasteiger partial charge in [0.05, 0.1) is 0 Å². The van der Waals surface area contributed by atoms with Crippen LogP contribution in [0, 0.1) is 0 Å². The number of nitrogens with zero attached hydrogens (tertiary/aromatic N) is 2. The van der Waals surface area contributed by atoms with Gasteiger partial charge in [0.25, 0.3) is 0 Å². The summed E-state index contributed by atoms with van der Waals surface area (Å²) in [5.74, 6) is 0. The average molecular weight is 289 g/mol. The third kappa shape index (κ3) is 5.16. The molecule has 0 radical (unpaired) electrons. The molecule has 1 fully saturated rings. The van der Waals surface area contributed by atoms with Crippen LogP contribution >= 0.6 is 0 Å². The summed E-state index contributed by atoms with van der Waals surface area (Å²) in [6.45, 7) is 15.1. The molecular formula is C18H31N3. The lowest BCUT2D eigenvalue weighted by atomic mass is 9.96. The molecule has 3 nitrogen and oxygen atoms in total. The number of allylic oxidation sites excluding steroid dienone is 5. The molecule has 1 aliphatic heterocycles. The highest BCUT2D eigenvalue weighted by Crippen LogP contribution is 2.23. The van der Waals surface area contributed by atoms with Crippen LogP contribution in [0.2, 0.25) is 0 Å². The Balaban J connectivity index is 3.17. The first-order valence-electron chi connectivity index (χ1n) is 8.17. The van der Waals surface area contributed by atoms with E-state index in [1.807, 2.05) is 6.20 Å². The molecule has 0 aromatic rings. The van der Waals surface area contributed by atoms with Crippen molar-refractivity contribution in [3.63, 3.8) is 0 Å². The Kier molecular flexibility index (Phi) is 8.06. The maximum absolute atomic E-state index is 4.64. The molecule has 1 heterocycles. The van der Waals surface area contributed by atoms with Crippen molar-refractivity contribution in [2.45, 2.75) is 47.5 Å². The van der Waals surface area contributed by atoms with Crippen molar-refractivity contribution in [3.05, 3.63) is 35.2 Å². The van der Waals surface area contributed by atoms with Gasteiger partial charge in [0, 0.05) is 49.4 Å². The van der Waals surface area contributed by atoms with Crippen LogP contribution in [0.1, 0.15) is 47.5 Å². The molecule has 0 atom stereocenters. The summed E-state index contributed by atoms with van der Waals surface area (Å²) in [6.07, 6.45) is 8.33. The summed E-state index contributed by atoms with van der Waals surface area (Å²) in [4.78, 5) is 7.12. The molecule has 1 rings (SSSR count). The van der Waals surface area contributed by atoms with E-state index in [4.69, 9.17) is 0 Å². The van der Waals surface area contributed by atoms with Gasteiger partial charge in [0.2, 0.25) is 0 Å². The summed E-state index contributed by atoms with van der Waals surface area (Å²) in [5.41, 5.74) is 5.18. The first-order valence-corrected chi connectivity index (χ1v) is 8.17. The second kappa shape index (κ2) is 9.56. The van der Waals surface area contributed by atoms with Crippen molar-refractivity contribution in [1.82, 2.24) is 10.2 Å². The number of hydrogen-bond donors (Lipinski definition) is 1. The lowest BCUT2D eigenvalue weighted by Gasteiger charge is -2.32. The van der Waals surface area contributed by atoms with Crippen LogP contribution in [0.5, 0.6) is 0 Å². The summed E-state index contributed by atoms with van der Waals surface area (Å²) in [5, 5.41) is 3.42. The van der Waals surface area contributed by atoms with E-state index in [2.05, 4.69) is 62.0 Å². The van der Waals surface area contributed by atoms with Crippen LogP contribution in [-0.4, -0.2) is 36.8 Å². The van der Waals surface area contributed by atoms with E-state index < -0.39 is 0 Å². The first-order chi connectivity index (χ1) is 10.2. The lowest BCUT2D eigenvalue weighted by Crippen LogP contribution is -2.43. The van der Waals surface area contributed by atoms with Crippen molar-refractivity contribution >= 4 is 5.71 Å². The molecule has 1 aliphatic rings. The summed E-state index contributed by atoms with van der Waals surface area (Å²) in [7, 11) is 0. The molecule has 1 saturated heterocycles. The average Bonchev–Trinajstić information content (AvgIpc) is 2.52. The molecule has 0 spiro atoms. The van der Waals surface area contributed by atoms with E-state index in [1.165, 1.54) is 16.8 Å². The van der Waals surface area contributed by atoms with E-state index in [-0.39, 0.29) is 0 Å². The molecule has 118 valence electrons. The Labute approximate surface area is 130 Å². The van der Waals surface area contributed by atoms with Gasteiger partial charge in [-0.15, -0.1) is 0 Å². The standard InChI is InChI=1S/C18H31N3/c1-6-9-10-20-15(4)18(17(7-2)8-3)16(5)21-13-11-19-12-14-21/h7,9-10,19H,6,8,11-14H2,1-5H3/b10-9+,17-7-,18-16-,20-15-. The maximum atomic E-state index is 4.64. The second-order valence-corrected chi connectivity index (χ2v) is 5.37. The zero-order valence-electron chi connectivity index (χ0n) is 14.4. The van der Waals surface area contributed by atoms with Crippen molar-refractivity contribution in [2.24, 2.45) is 4.99 Å². The van der Waals surface area contributed by atoms with Gasteiger partial charge < -0.3 is 10.2 Å². The molecular weight excluding hydrogens is 258 g/mol. The highest BCUT2D eigenvalue weighted by atomic mass is 15.2. The van der Waals surface area contributed by atoms with Gasteiger partial charge in [-0.05, 0) is 39.2 Å². The Hall–Kier alpha value is -1.35. The normalized spacial score (nSPS) is 19.2. The Morgan fingerprint density at radius 2 is 1.86 bits per heavy atom. The van der Waals surface area contributed by atoms with Crippen LogP contribution < -0.4 is 5.32 Å². The number of piperazine rings is 1. The monoisotopic (exact) mass is 289 g/mol. The van der Waals surface area contributed by atoms with E-state index in [0.717, 1.165) is 44.7 Å². The zero-order valence-corrected chi connectivity index (χ0v) is 14.4. The fourth-order valence-electron chi connectivity index (χ4n) is 2.74. The van der Waals surface area contributed by atoms with Crippen molar-refractivity contribution < 1.29 is 0 Å². The van der Waals surface area contributed by atoms with E-state index in [0.29, 0.717) is 0 Å². The lowest BCUT2D eigenvalue weighted by molar-refractivity contribution is 0.298. The van der Waals surface area contributed by atoms with Crippen molar-refractivity contribution in [3.8, 4) is 0 Å². The number of rotatable bonds is 6. The molecule has 0 aromatic heterocycles. The highest BCUT2D eigenvalue weighted by Gasteiger charge is 2.17. The fraction of sp³-hybridized carbons (Fsp3) is 0.611. The molecule has 0 bridgehead atoms. The largest absolute Gasteiger partial charge is 0.372 e. The zero-order chi connectivity index (χ0) is 15.7. The molecule has 1 N–H and O–H groups in total. The quantitative estimate of drug-likeness (QED) is 0.593. The van der Waals surface area contributed by atoms with Gasteiger partial charge in [0.1, 0.15) is 0 Å². The Morgan fingerprint density at radius 1 is 1.19 bits per heavy atom. The third-order valence-corrected chi connectivity index (χ3v) is 3.97. The molecule has 0 aliphatic carbocycles. The number of aliphatic imine (C=N–C) groups is 1. The number of nitrogens with one attached hydrogen (secondary N) is 1. The topological polar surface area (TPSA) is 27.6 Å². The summed E-state index contributed by atoms with van der Waals surface area (Å²) < 4.78 is 0. The minimum atomic E-state index is 1.02. The van der Waals surface area contributed by atoms with E-state index in [1.54, 1.807) is 0 Å². The molecule has 0 amide bonds. The van der Waals surface area contributed by atoms with Gasteiger partial charge in [-0.2, -0.15) is 0 Å². The molecule has 3 heteroatoms. The Bertz CT molecular complexity index is 435. The second-order valence-electron chi connectivity index (χ2n) is 5.37. The molecule has 21 heavy (non-hydrogen) atoms. The SMILES string of the molecule is C\C=C(CC)/C(C(/C)=N\C=C\CC)=C(/C)N1CCNCC1. The molecule has 0 unspecified atom stereocenters. The van der Waals surface area contributed by atoms with E-state index in [9.17, 15) is 0 Å². The highest BCUT2D eigenvalue weighted by molar-refractivity contribution is 6.03. The van der Waals surface area contributed by atoms with Gasteiger partial charge in [-0.25, -0.2) is 0 Å². The first kappa shape index (κ1) is 17.7. The fourth-order valence-corrected chi connectivity index (χ4v) is 2.74. The predicted molar refractivity (Wildman–Crippen MR) is 93.7 cm³/mol. The van der Waals surface area contributed by atoms with Crippen LogP contribution in [0.25, 0.3) is 0 Å². The van der Waals surface area contributed by atoms with Crippen molar-refractivity contribution in [1.29, 1.82) is 0 Å². The molecule has 0 saturated carbocycles. The Morgan fingerprint density at radius 3 is 2.38 bits per heavy atom. The minimum Gasteiger partial charge on any atom is -0.372 e. The predicted octanol–water partition coefficient (Wildman–Crippen LogP) is 3.91. The van der Waals surface area contributed by atoms with Crippen LogP contribution in [0.15, 0.2) is 40.2 Å². The molecule has 0 aromatic carbocycles. The summed E-state index contributed by atoms with van der Waals surface area (Å²) in [6, 6.07) is 0. The smallest absolute Gasteiger partial charge is 0.0464 e. The van der Waals surface area contributed by atoms with E-state index >= 15 is 0 Å². The third-order valence-electron chi connectivity index (χ3n) is 3.97. The van der Waals surface area contributed by atoms with Crippen LogP contribution in [0.4, 0.5) is 0 Å².